The lowest BCUT2D eigenvalue weighted by atomic mass is 9.90. The molecule has 2 nitrogen and oxygen atoms in total. The summed E-state index contributed by atoms with van der Waals surface area (Å²) < 4.78 is 0. The fourth-order valence-electron chi connectivity index (χ4n) is 3.14. The van der Waals surface area contributed by atoms with Crippen molar-refractivity contribution in [1.82, 2.24) is 0 Å². The third kappa shape index (κ3) is 2.37. The highest BCUT2D eigenvalue weighted by atomic mass is 32.2. The predicted octanol–water partition coefficient (Wildman–Crippen LogP) is 5.20. The van der Waals surface area contributed by atoms with Crippen LogP contribution in [0.4, 0.5) is 0 Å². The lowest BCUT2D eigenvalue weighted by molar-refractivity contribution is 0.459. The number of phenols is 2. The van der Waals surface area contributed by atoms with E-state index in [1.807, 2.05) is 42.5 Å². The molecule has 0 bridgehead atoms. The van der Waals surface area contributed by atoms with Crippen LogP contribution in [0.15, 0.2) is 71.6 Å². The van der Waals surface area contributed by atoms with Crippen molar-refractivity contribution in [3.63, 3.8) is 0 Å². The highest BCUT2D eigenvalue weighted by Gasteiger charge is 2.26. The van der Waals surface area contributed by atoms with Crippen LogP contribution in [-0.4, -0.2) is 10.2 Å². The second-order valence-electron chi connectivity index (χ2n) is 5.62. The van der Waals surface area contributed by atoms with Crippen LogP contribution in [0.3, 0.4) is 0 Å². The number of allylic oxidation sites excluding steroid dienone is 1. The van der Waals surface area contributed by atoms with E-state index < -0.39 is 0 Å². The monoisotopic (exact) mass is 320 g/mol. The Morgan fingerprint density at radius 1 is 0.826 bits per heavy atom. The minimum Gasteiger partial charge on any atom is -0.507 e. The van der Waals surface area contributed by atoms with Gasteiger partial charge < -0.3 is 10.2 Å². The number of hydrogen-bond donors (Lipinski definition) is 2. The molecule has 23 heavy (non-hydrogen) atoms. The second kappa shape index (κ2) is 5.67. The first kappa shape index (κ1) is 14.2. The van der Waals surface area contributed by atoms with Gasteiger partial charge in [-0.3, -0.25) is 0 Å². The Morgan fingerprint density at radius 3 is 2.22 bits per heavy atom. The quantitative estimate of drug-likeness (QED) is 0.504. The van der Waals surface area contributed by atoms with Gasteiger partial charge in [0.15, 0.2) is 0 Å². The summed E-state index contributed by atoms with van der Waals surface area (Å²) in [5.74, 6) is 0.572. The van der Waals surface area contributed by atoms with Gasteiger partial charge in [0.05, 0.1) is 5.25 Å². The van der Waals surface area contributed by atoms with Crippen LogP contribution in [-0.2, 0) is 6.42 Å². The molecule has 0 aromatic heterocycles. The first-order chi connectivity index (χ1) is 11.3. The Labute approximate surface area is 139 Å². The molecule has 3 aromatic rings. The van der Waals surface area contributed by atoms with Crippen molar-refractivity contribution in [2.45, 2.75) is 16.6 Å². The van der Waals surface area contributed by atoms with E-state index in [2.05, 4.69) is 24.3 Å². The standard InChI is InChI=1S/C20H16O2S/c21-19-14-9-4-5-10-15(14)20(22)18-16(19)11-6-12-17(18)23-13-7-2-1-3-8-13/h1-10,12,17,21-22H,11H2. The molecule has 1 unspecified atom stereocenters. The van der Waals surface area contributed by atoms with Crippen molar-refractivity contribution >= 4 is 22.5 Å². The van der Waals surface area contributed by atoms with E-state index in [-0.39, 0.29) is 16.7 Å². The lowest BCUT2D eigenvalue weighted by Crippen LogP contribution is -2.04. The topological polar surface area (TPSA) is 40.5 Å². The smallest absolute Gasteiger partial charge is 0.128 e. The summed E-state index contributed by atoms with van der Waals surface area (Å²) in [5, 5.41) is 22.9. The molecule has 1 atom stereocenters. The summed E-state index contributed by atoms with van der Waals surface area (Å²) >= 11 is 1.68. The third-order valence-electron chi connectivity index (χ3n) is 4.23. The number of phenolic OH excluding ortho intramolecular Hbond substituents is 2. The van der Waals surface area contributed by atoms with Crippen LogP contribution in [0.2, 0.25) is 0 Å². The molecule has 0 saturated carbocycles. The molecular weight excluding hydrogens is 304 g/mol. The normalized spacial score (nSPS) is 16.4. The first-order valence-corrected chi connectivity index (χ1v) is 8.47. The number of hydrogen-bond acceptors (Lipinski definition) is 3. The predicted molar refractivity (Wildman–Crippen MR) is 95.2 cm³/mol. The summed E-state index contributed by atoms with van der Waals surface area (Å²) in [6.45, 7) is 0. The Hall–Kier alpha value is -2.39. The van der Waals surface area contributed by atoms with Crippen LogP contribution < -0.4 is 0 Å². The Morgan fingerprint density at radius 2 is 1.48 bits per heavy atom. The van der Waals surface area contributed by atoms with Gasteiger partial charge in [0, 0.05) is 26.8 Å². The SMILES string of the molecule is Oc1c2c(c(O)c3ccccc13)C(Sc1ccccc1)C=CC2. The molecule has 0 heterocycles. The van der Waals surface area contributed by atoms with Crippen molar-refractivity contribution in [1.29, 1.82) is 0 Å². The molecule has 1 aliphatic carbocycles. The van der Waals surface area contributed by atoms with E-state index in [4.69, 9.17) is 0 Å². The minimum absolute atomic E-state index is 0.00310. The molecule has 0 spiro atoms. The molecule has 1 aliphatic rings. The maximum Gasteiger partial charge on any atom is 0.128 e. The largest absolute Gasteiger partial charge is 0.507 e. The number of fused-ring (bicyclic) bond motifs is 2. The van der Waals surface area contributed by atoms with Crippen molar-refractivity contribution in [2.75, 3.05) is 0 Å². The van der Waals surface area contributed by atoms with Crippen LogP contribution in [0, 0.1) is 0 Å². The Balaban J connectivity index is 1.88. The molecule has 3 heteroatoms. The van der Waals surface area contributed by atoms with Gasteiger partial charge in [-0.2, -0.15) is 0 Å². The van der Waals surface area contributed by atoms with Gasteiger partial charge in [-0.15, -0.1) is 11.8 Å². The van der Waals surface area contributed by atoms with Gasteiger partial charge in [0.1, 0.15) is 11.5 Å². The third-order valence-corrected chi connectivity index (χ3v) is 5.42. The molecular formula is C20H16O2S. The molecule has 0 radical (unpaired) electrons. The number of thioether (sulfide) groups is 1. The van der Waals surface area contributed by atoms with E-state index in [1.165, 1.54) is 0 Å². The molecule has 0 aliphatic heterocycles. The van der Waals surface area contributed by atoms with Crippen LogP contribution in [0.25, 0.3) is 10.8 Å². The maximum atomic E-state index is 10.8. The highest BCUT2D eigenvalue weighted by molar-refractivity contribution is 7.99. The summed E-state index contributed by atoms with van der Waals surface area (Å²) in [4.78, 5) is 1.14. The zero-order valence-electron chi connectivity index (χ0n) is 12.4. The van der Waals surface area contributed by atoms with Gasteiger partial charge in [0.25, 0.3) is 0 Å². The fraction of sp³-hybridized carbons (Fsp3) is 0.100. The zero-order valence-corrected chi connectivity index (χ0v) is 13.3. The Bertz CT molecular complexity index is 900. The van der Waals surface area contributed by atoms with Crippen LogP contribution in [0.5, 0.6) is 11.5 Å². The van der Waals surface area contributed by atoms with E-state index in [0.717, 1.165) is 16.0 Å². The van der Waals surface area contributed by atoms with E-state index in [0.29, 0.717) is 17.2 Å². The molecule has 114 valence electrons. The minimum atomic E-state index is -0.00310. The van der Waals surface area contributed by atoms with Gasteiger partial charge in [-0.25, -0.2) is 0 Å². The van der Waals surface area contributed by atoms with Gasteiger partial charge in [0.2, 0.25) is 0 Å². The zero-order chi connectivity index (χ0) is 15.8. The molecule has 0 saturated heterocycles. The number of aromatic hydroxyl groups is 2. The fourth-order valence-corrected chi connectivity index (χ4v) is 4.31. The van der Waals surface area contributed by atoms with Crippen molar-refractivity contribution in [2.24, 2.45) is 0 Å². The van der Waals surface area contributed by atoms with Gasteiger partial charge in [-0.05, 0) is 18.6 Å². The van der Waals surface area contributed by atoms with Crippen LogP contribution in [0.1, 0.15) is 16.4 Å². The van der Waals surface area contributed by atoms with Gasteiger partial charge >= 0.3 is 0 Å². The average Bonchev–Trinajstić information content (AvgIpc) is 2.60. The average molecular weight is 320 g/mol. The summed E-state index contributed by atoms with van der Waals surface area (Å²) in [6, 6.07) is 17.6. The number of benzene rings is 3. The van der Waals surface area contributed by atoms with Crippen molar-refractivity contribution in [3.8, 4) is 11.5 Å². The van der Waals surface area contributed by atoms with Gasteiger partial charge in [-0.1, -0.05) is 54.6 Å². The summed E-state index contributed by atoms with van der Waals surface area (Å²) in [7, 11) is 0. The highest BCUT2D eigenvalue weighted by Crippen LogP contribution is 2.50. The second-order valence-corrected chi connectivity index (χ2v) is 6.83. The van der Waals surface area contributed by atoms with Crippen molar-refractivity contribution in [3.05, 3.63) is 77.9 Å². The molecule has 0 fully saturated rings. The lowest BCUT2D eigenvalue weighted by Gasteiger charge is -2.24. The summed E-state index contributed by atoms with van der Waals surface area (Å²) in [5.41, 5.74) is 1.66. The van der Waals surface area contributed by atoms with E-state index >= 15 is 0 Å². The van der Waals surface area contributed by atoms with E-state index in [1.54, 1.807) is 11.8 Å². The molecule has 4 rings (SSSR count). The first-order valence-electron chi connectivity index (χ1n) is 7.59. The number of rotatable bonds is 2. The van der Waals surface area contributed by atoms with Crippen LogP contribution >= 0.6 is 11.8 Å². The molecule has 2 N–H and O–H groups in total. The van der Waals surface area contributed by atoms with Crippen molar-refractivity contribution < 1.29 is 10.2 Å². The maximum absolute atomic E-state index is 10.8. The molecule has 0 amide bonds. The van der Waals surface area contributed by atoms with E-state index in [9.17, 15) is 10.2 Å². The Kier molecular flexibility index (Phi) is 3.50. The molecule has 3 aromatic carbocycles. The summed E-state index contributed by atoms with van der Waals surface area (Å²) in [6.07, 6.45) is 4.82.